The van der Waals surface area contributed by atoms with E-state index in [2.05, 4.69) is 0 Å². The van der Waals surface area contributed by atoms with Gasteiger partial charge in [-0.25, -0.2) is 0 Å². The molecule has 0 atom stereocenters. The summed E-state index contributed by atoms with van der Waals surface area (Å²) in [5, 5.41) is 0. The summed E-state index contributed by atoms with van der Waals surface area (Å²) in [5.74, 6) is 0. The van der Waals surface area contributed by atoms with Gasteiger partial charge in [0, 0.05) is 0 Å². The summed E-state index contributed by atoms with van der Waals surface area (Å²) in [5.41, 5.74) is 0. The van der Waals surface area contributed by atoms with Gasteiger partial charge in [0.15, 0.2) is 0 Å². The van der Waals surface area contributed by atoms with E-state index in [4.69, 9.17) is 77.0 Å². The summed E-state index contributed by atoms with van der Waals surface area (Å²) in [6.45, 7) is 0. The molecule has 0 aliphatic carbocycles. The van der Waals surface area contributed by atoms with Crippen LogP contribution in [0, 0.1) is 0 Å². The zero-order chi connectivity index (χ0) is 18.0. The van der Waals surface area contributed by atoms with E-state index in [0.717, 1.165) is 0 Å². The van der Waals surface area contributed by atoms with Gasteiger partial charge in [-0.05, 0) is 0 Å². The van der Waals surface area contributed by atoms with Gasteiger partial charge in [0.05, 0.1) is 0 Å². The molecule has 0 saturated heterocycles. The van der Waals surface area contributed by atoms with E-state index in [0.29, 0.717) is 0 Å². The van der Waals surface area contributed by atoms with Crippen molar-refractivity contribution < 1.29 is 467 Å². The fourth-order valence-corrected chi connectivity index (χ4v) is 0. The molecule has 0 radical (unpaired) electrons. The minimum Gasteiger partial charge on any atom is -0.870 e. The van der Waals surface area contributed by atoms with Crippen molar-refractivity contribution in [2.75, 3.05) is 0 Å². The zero-order valence-electron chi connectivity index (χ0n) is 21.8. The van der Waals surface area contributed by atoms with E-state index in [1.54, 1.807) is 0 Å². The van der Waals surface area contributed by atoms with Gasteiger partial charge in [-0.15, -0.1) is 0 Å². The fourth-order valence-electron chi connectivity index (χ4n) is 0. The largest absolute Gasteiger partial charge is 1.00 e. The molecule has 0 bridgehead atoms. The van der Waals surface area contributed by atoms with Crippen LogP contribution in [0.1, 0.15) is 0 Å². The number of hydrogen-bond acceptors (Lipinski definition) is 17. The first-order chi connectivity index (χ1) is 8.00. The summed E-state index contributed by atoms with van der Waals surface area (Å²) in [4.78, 5) is 103. The third-order valence-corrected chi connectivity index (χ3v) is 0. The predicted molar refractivity (Wildman–Crippen MR) is 32.4 cm³/mol. The summed E-state index contributed by atoms with van der Waals surface area (Å²) in [7, 11) is -21.6. The number of phosphoric acid groups is 4. The molecular weight excluding hydrogens is 695 g/mol. The summed E-state index contributed by atoms with van der Waals surface area (Å²) in [6.07, 6.45) is 0. The van der Waals surface area contributed by atoms with Crippen LogP contribution in [0.2, 0.25) is 0 Å². The zero-order valence-corrected chi connectivity index (χ0v) is 51.3. The Morgan fingerprint density at radius 2 is 0.235 bits per heavy atom. The third kappa shape index (κ3) is 498. The van der Waals surface area contributed by atoms with Crippen LogP contribution in [0.15, 0.2) is 0 Å². The predicted octanol–water partition coefficient (Wildman–Crippen LogP) is -50.4. The van der Waals surface area contributed by atoms with Gasteiger partial charge in [0.25, 0.3) is 0 Å². The molecule has 0 aromatic rings. The van der Waals surface area contributed by atoms with Gasteiger partial charge in [-0.1, -0.05) is 0 Å². The minimum absolute atomic E-state index is 0. The van der Waals surface area contributed by atoms with Gasteiger partial charge >= 0.3 is 384 Å². The molecule has 0 aliphatic rings. The van der Waals surface area contributed by atoms with Gasteiger partial charge in [-0.2, -0.15) is 31.3 Å². The molecule has 17 nitrogen and oxygen atoms in total. The molecule has 34 heavy (non-hydrogen) atoms. The van der Waals surface area contributed by atoms with Crippen LogP contribution < -0.4 is 443 Å². The summed E-state index contributed by atoms with van der Waals surface area (Å²) < 4.78 is 34.2. The Labute approximate surface area is 484 Å². The molecule has 0 spiro atoms. The Bertz CT molecular complexity index is 312. The molecule has 136 valence electrons. The van der Waals surface area contributed by atoms with Crippen molar-refractivity contribution in [1.82, 2.24) is 0 Å². The monoisotopic (exact) mass is 696 g/mol. The van der Waals surface area contributed by atoms with Crippen LogP contribution in [-0.4, -0.2) is 5.48 Å². The molecule has 0 heterocycles. The number of rotatable bonds is 0. The van der Waals surface area contributed by atoms with Crippen LogP contribution in [0.5, 0.6) is 0 Å². The van der Waals surface area contributed by atoms with Crippen LogP contribution in [0.4, 0.5) is 0 Å². The van der Waals surface area contributed by atoms with E-state index in [-0.39, 0.29) is 390 Å². The second kappa shape index (κ2) is 68.4. The molecule has 0 rings (SSSR count). The van der Waals surface area contributed by atoms with E-state index in [9.17, 15) is 0 Å². The maximum absolute atomic E-state index is 8.55. The SMILES string of the molecule is O=P([O-])([O-])[O-].O=P([O-])([O-])[O-].O=P([O-])([O-])[O-].O=P([O-])([O-])[O-].[Na+].[Na+].[Na+].[Na+].[Na+].[Na+].[Na+].[Na+].[Na+].[Na+].[Na+].[Na+].[Na+].[OH-]. The van der Waals surface area contributed by atoms with E-state index >= 15 is 0 Å². The van der Waals surface area contributed by atoms with Crippen LogP contribution in [0.3, 0.4) is 0 Å². The topological polar surface area (TPSA) is 375 Å². The summed E-state index contributed by atoms with van der Waals surface area (Å²) in [6, 6.07) is 0. The maximum atomic E-state index is 8.55. The van der Waals surface area contributed by atoms with Gasteiger partial charge in [-0.3, -0.25) is 0 Å². The van der Waals surface area contributed by atoms with Gasteiger partial charge < -0.3 is 82.5 Å². The third-order valence-electron chi connectivity index (χ3n) is 0. The van der Waals surface area contributed by atoms with Crippen molar-refractivity contribution >= 4 is 31.3 Å². The molecular formula is HNa13O17P4. The standard InChI is InChI=1S/13Na.4H3O4P.H2O/c;;;;;;;;;;;;;4*1-5(2,3)4;/h;;;;;;;;;;;;;4*(H3,1,2,3,4);1H2/q13*+1;;;;;/p-13. The van der Waals surface area contributed by atoms with Gasteiger partial charge in [0.1, 0.15) is 0 Å². The first-order valence-corrected chi connectivity index (χ1v) is 8.76. The molecule has 1 N–H and O–H groups in total. The molecule has 0 aromatic heterocycles. The Morgan fingerprint density at radius 3 is 0.235 bits per heavy atom. The van der Waals surface area contributed by atoms with Crippen molar-refractivity contribution in [3.05, 3.63) is 0 Å². The van der Waals surface area contributed by atoms with Crippen LogP contribution in [-0.2, 0) is 18.3 Å². The molecule has 0 aromatic carbocycles. The van der Waals surface area contributed by atoms with E-state index in [1.807, 2.05) is 0 Å². The average Bonchev–Trinajstić information content (AvgIpc) is 1.62. The maximum Gasteiger partial charge on any atom is 1.00 e. The second-order valence-electron chi connectivity index (χ2n) is 1.79. The first kappa shape index (κ1) is 118. The second-order valence-corrected chi connectivity index (χ2v) is 5.37. The molecule has 34 heteroatoms. The van der Waals surface area contributed by atoms with Crippen molar-refractivity contribution in [2.24, 2.45) is 0 Å². The molecule has 0 saturated carbocycles. The quantitative estimate of drug-likeness (QED) is 0.168. The summed E-state index contributed by atoms with van der Waals surface area (Å²) >= 11 is 0. The Balaban J connectivity index is -0.00000000552. The van der Waals surface area contributed by atoms with Crippen LogP contribution >= 0.6 is 31.3 Å². The number of hydrogen-bond donors (Lipinski definition) is 0. The van der Waals surface area contributed by atoms with Crippen molar-refractivity contribution in [3.63, 3.8) is 0 Å². The average molecular weight is 696 g/mol. The van der Waals surface area contributed by atoms with Crippen molar-refractivity contribution in [2.45, 2.75) is 0 Å². The molecule has 0 unspecified atom stereocenters. The van der Waals surface area contributed by atoms with E-state index in [1.165, 1.54) is 0 Å². The Hall–Kier alpha value is 13.4. The fraction of sp³-hybridized carbons (Fsp3) is 0. The van der Waals surface area contributed by atoms with E-state index < -0.39 is 31.3 Å². The van der Waals surface area contributed by atoms with Crippen molar-refractivity contribution in [1.29, 1.82) is 0 Å². The molecule has 0 amide bonds. The Morgan fingerprint density at radius 1 is 0.235 bits per heavy atom. The van der Waals surface area contributed by atoms with Crippen molar-refractivity contribution in [3.8, 4) is 0 Å². The van der Waals surface area contributed by atoms with Crippen LogP contribution in [0.25, 0.3) is 0 Å². The molecule has 0 fully saturated rings. The Kier molecular flexibility index (Phi) is 237. The van der Waals surface area contributed by atoms with Gasteiger partial charge in [0.2, 0.25) is 0 Å². The molecule has 0 aliphatic heterocycles. The first-order valence-electron chi connectivity index (χ1n) is 2.92. The minimum atomic E-state index is -5.39. The smallest absolute Gasteiger partial charge is 0.870 e. The normalized spacial score (nSPS) is 6.94.